The van der Waals surface area contributed by atoms with E-state index in [0.717, 1.165) is 33.2 Å². The highest BCUT2D eigenvalue weighted by molar-refractivity contribution is 5.82. The van der Waals surface area contributed by atoms with Crippen LogP contribution in [0.3, 0.4) is 0 Å². The molecule has 0 aliphatic carbocycles. The SMILES string of the molecule is Cc1cc(C)cc(C(O)c2cccc3ncccc23)c1. The highest BCUT2D eigenvalue weighted by Crippen LogP contribution is 2.29. The maximum absolute atomic E-state index is 10.7. The summed E-state index contributed by atoms with van der Waals surface area (Å²) in [6.45, 7) is 4.10. The Bertz CT molecular complexity index is 739. The second kappa shape index (κ2) is 5.06. The van der Waals surface area contributed by atoms with Crippen LogP contribution in [0.25, 0.3) is 10.9 Å². The summed E-state index contributed by atoms with van der Waals surface area (Å²) < 4.78 is 0. The maximum Gasteiger partial charge on any atom is 0.105 e. The molecular formula is C18H17NO. The number of fused-ring (bicyclic) bond motifs is 1. The summed E-state index contributed by atoms with van der Waals surface area (Å²) in [5.74, 6) is 0. The van der Waals surface area contributed by atoms with Gasteiger partial charge in [-0.05, 0) is 37.1 Å². The van der Waals surface area contributed by atoms with Crippen molar-refractivity contribution < 1.29 is 5.11 Å². The van der Waals surface area contributed by atoms with Gasteiger partial charge in [-0.3, -0.25) is 4.98 Å². The standard InChI is InChI=1S/C18H17NO/c1-12-9-13(2)11-14(10-12)18(20)16-5-3-7-17-15(16)6-4-8-19-17/h3-11,18,20H,1-2H3. The van der Waals surface area contributed by atoms with E-state index in [2.05, 4.69) is 11.1 Å². The minimum Gasteiger partial charge on any atom is -0.384 e. The van der Waals surface area contributed by atoms with Gasteiger partial charge >= 0.3 is 0 Å². The van der Waals surface area contributed by atoms with Gasteiger partial charge < -0.3 is 5.11 Å². The van der Waals surface area contributed by atoms with Gasteiger partial charge in [0.1, 0.15) is 6.10 Å². The highest BCUT2D eigenvalue weighted by atomic mass is 16.3. The molecule has 0 aliphatic heterocycles. The lowest BCUT2D eigenvalue weighted by atomic mass is 9.95. The molecule has 0 saturated carbocycles. The van der Waals surface area contributed by atoms with Crippen LogP contribution in [0.2, 0.25) is 0 Å². The third kappa shape index (κ3) is 2.30. The minimum absolute atomic E-state index is 0.624. The van der Waals surface area contributed by atoms with E-state index in [1.54, 1.807) is 6.20 Å². The third-order valence-electron chi connectivity index (χ3n) is 3.53. The molecule has 0 saturated heterocycles. The number of aromatic nitrogens is 1. The highest BCUT2D eigenvalue weighted by Gasteiger charge is 2.14. The molecule has 2 heteroatoms. The number of rotatable bonds is 2. The zero-order valence-corrected chi connectivity index (χ0v) is 11.7. The third-order valence-corrected chi connectivity index (χ3v) is 3.53. The monoisotopic (exact) mass is 263 g/mol. The average Bonchev–Trinajstić information content (AvgIpc) is 2.45. The fourth-order valence-electron chi connectivity index (χ4n) is 2.71. The van der Waals surface area contributed by atoms with Crippen LogP contribution in [0.15, 0.2) is 54.7 Å². The Kier molecular flexibility index (Phi) is 3.25. The molecule has 1 atom stereocenters. The fourth-order valence-corrected chi connectivity index (χ4v) is 2.71. The summed E-state index contributed by atoms with van der Waals surface area (Å²) in [5.41, 5.74) is 5.07. The summed E-state index contributed by atoms with van der Waals surface area (Å²) >= 11 is 0. The van der Waals surface area contributed by atoms with E-state index in [-0.39, 0.29) is 0 Å². The number of pyridine rings is 1. The molecule has 0 amide bonds. The lowest BCUT2D eigenvalue weighted by molar-refractivity contribution is 0.221. The van der Waals surface area contributed by atoms with Crippen LogP contribution in [0.4, 0.5) is 0 Å². The van der Waals surface area contributed by atoms with Gasteiger partial charge in [0.15, 0.2) is 0 Å². The molecule has 0 spiro atoms. The molecule has 0 fully saturated rings. The number of aliphatic hydroxyl groups is 1. The smallest absolute Gasteiger partial charge is 0.105 e. The zero-order chi connectivity index (χ0) is 14.1. The van der Waals surface area contributed by atoms with Crippen LogP contribution >= 0.6 is 0 Å². The van der Waals surface area contributed by atoms with Crippen LogP contribution in [-0.4, -0.2) is 10.1 Å². The van der Waals surface area contributed by atoms with E-state index < -0.39 is 6.10 Å². The molecule has 1 aromatic heterocycles. The van der Waals surface area contributed by atoms with Crippen molar-refractivity contribution in [3.8, 4) is 0 Å². The first kappa shape index (κ1) is 12.8. The van der Waals surface area contributed by atoms with Crippen LogP contribution in [0, 0.1) is 13.8 Å². The molecule has 3 rings (SSSR count). The van der Waals surface area contributed by atoms with Crippen molar-refractivity contribution in [3.63, 3.8) is 0 Å². The lowest BCUT2D eigenvalue weighted by Crippen LogP contribution is -2.02. The molecule has 3 aromatic rings. The molecule has 1 N–H and O–H groups in total. The van der Waals surface area contributed by atoms with Gasteiger partial charge in [-0.2, -0.15) is 0 Å². The van der Waals surface area contributed by atoms with E-state index in [1.165, 1.54) is 0 Å². The lowest BCUT2D eigenvalue weighted by Gasteiger charge is -2.15. The molecule has 1 unspecified atom stereocenters. The molecule has 20 heavy (non-hydrogen) atoms. The molecule has 0 radical (unpaired) electrons. The quantitative estimate of drug-likeness (QED) is 0.760. The van der Waals surface area contributed by atoms with Gasteiger partial charge in [0.05, 0.1) is 5.52 Å². The Hall–Kier alpha value is -2.19. The summed E-state index contributed by atoms with van der Waals surface area (Å²) in [4.78, 5) is 4.34. The molecule has 0 aliphatic rings. The van der Waals surface area contributed by atoms with Gasteiger partial charge in [-0.25, -0.2) is 0 Å². The Morgan fingerprint density at radius 2 is 1.70 bits per heavy atom. The van der Waals surface area contributed by atoms with Crippen LogP contribution < -0.4 is 0 Å². The first-order chi connectivity index (χ1) is 9.65. The number of aryl methyl sites for hydroxylation is 2. The van der Waals surface area contributed by atoms with Crippen LogP contribution in [0.5, 0.6) is 0 Å². The molecule has 0 bridgehead atoms. The van der Waals surface area contributed by atoms with Crippen molar-refractivity contribution in [2.24, 2.45) is 0 Å². The van der Waals surface area contributed by atoms with Crippen LogP contribution in [0.1, 0.15) is 28.4 Å². The van der Waals surface area contributed by atoms with Crippen molar-refractivity contribution in [1.82, 2.24) is 4.98 Å². The maximum atomic E-state index is 10.7. The predicted octanol–water partition coefficient (Wildman–Crippen LogP) is 3.93. The normalized spacial score (nSPS) is 12.6. The Morgan fingerprint density at radius 1 is 0.950 bits per heavy atom. The summed E-state index contributed by atoms with van der Waals surface area (Å²) in [7, 11) is 0. The first-order valence-corrected chi connectivity index (χ1v) is 6.75. The number of hydrogen-bond donors (Lipinski definition) is 1. The van der Waals surface area contributed by atoms with Gasteiger partial charge in [-0.1, -0.05) is 47.5 Å². The van der Waals surface area contributed by atoms with E-state index in [1.807, 2.05) is 56.3 Å². The van der Waals surface area contributed by atoms with E-state index in [9.17, 15) is 5.11 Å². The second-order valence-electron chi connectivity index (χ2n) is 5.24. The van der Waals surface area contributed by atoms with E-state index in [0.29, 0.717) is 0 Å². The largest absolute Gasteiger partial charge is 0.384 e. The first-order valence-electron chi connectivity index (χ1n) is 6.75. The topological polar surface area (TPSA) is 33.1 Å². The summed E-state index contributed by atoms with van der Waals surface area (Å²) in [6, 6.07) is 16.0. The van der Waals surface area contributed by atoms with E-state index >= 15 is 0 Å². The molecular weight excluding hydrogens is 246 g/mol. The van der Waals surface area contributed by atoms with Crippen molar-refractivity contribution in [1.29, 1.82) is 0 Å². The fraction of sp³-hybridized carbons (Fsp3) is 0.167. The summed E-state index contributed by atoms with van der Waals surface area (Å²) in [5, 5.41) is 11.7. The molecule has 2 nitrogen and oxygen atoms in total. The molecule has 1 heterocycles. The Morgan fingerprint density at radius 3 is 2.45 bits per heavy atom. The van der Waals surface area contributed by atoms with Gasteiger partial charge in [0.2, 0.25) is 0 Å². The number of nitrogens with zero attached hydrogens (tertiary/aromatic N) is 1. The average molecular weight is 263 g/mol. The molecule has 100 valence electrons. The Balaban J connectivity index is 2.15. The van der Waals surface area contributed by atoms with Crippen molar-refractivity contribution in [2.75, 3.05) is 0 Å². The number of aliphatic hydroxyl groups excluding tert-OH is 1. The van der Waals surface area contributed by atoms with Crippen molar-refractivity contribution in [3.05, 3.63) is 77.0 Å². The van der Waals surface area contributed by atoms with Gasteiger partial charge in [0, 0.05) is 11.6 Å². The second-order valence-corrected chi connectivity index (χ2v) is 5.24. The molecule has 2 aromatic carbocycles. The van der Waals surface area contributed by atoms with Crippen LogP contribution in [-0.2, 0) is 0 Å². The predicted molar refractivity (Wildman–Crippen MR) is 81.7 cm³/mol. The number of benzene rings is 2. The minimum atomic E-state index is -0.624. The van der Waals surface area contributed by atoms with Gasteiger partial charge in [0.25, 0.3) is 0 Å². The summed E-state index contributed by atoms with van der Waals surface area (Å²) in [6.07, 6.45) is 1.15. The van der Waals surface area contributed by atoms with Crippen molar-refractivity contribution in [2.45, 2.75) is 20.0 Å². The van der Waals surface area contributed by atoms with E-state index in [4.69, 9.17) is 0 Å². The number of hydrogen-bond acceptors (Lipinski definition) is 2. The zero-order valence-electron chi connectivity index (χ0n) is 11.7. The van der Waals surface area contributed by atoms with Crippen molar-refractivity contribution >= 4 is 10.9 Å². The Labute approximate surface area is 118 Å². The van der Waals surface area contributed by atoms with Gasteiger partial charge in [-0.15, -0.1) is 0 Å².